The lowest BCUT2D eigenvalue weighted by molar-refractivity contribution is 0.363. The molecule has 1 aromatic carbocycles. The molecule has 0 amide bonds. The van der Waals surface area contributed by atoms with E-state index in [1.165, 1.54) is 0 Å². The van der Waals surface area contributed by atoms with Crippen LogP contribution in [-0.2, 0) is 15.8 Å². The SMILES string of the molecule is CCCCN(CC1CCCN1)S(=O)(=O)Cc1ccccc1. The van der Waals surface area contributed by atoms with Crippen molar-refractivity contribution < 1.29 is 8.42 Å². The molecule has 1 fully saturated rings. The minimum absolute atomic E-state index is 0.101. The smallest absolute Gasteiger partial charge is 0.218 e. The Morgan fingerprint density at radius 2 is 2.05 bits per heavy atom. The van der Waals surface area contributed by atoms with Crippen LogP contribution in [0.1, 0.15) is 38.2 Å². The van der Waals surface area contributed by atoms with E-state index in [0.29, 0.717) is 19.1 Å². The minimum atomic E-state index is -3.24. The van der Waals surface area contributed by atoms with Crippen molar-refractivity contribution in [1.82, 2.24) is 9.62 Å². The van der Waals surface area contributed by atoms with E-state index in [1.807, 2.05) is 30.3 Å². The normalized spacial score (nSPS) is 19.2. The zero-order chi connectivity index (χ0) is 15.1. The highest BCUT2D eigenvalue weighted by Gasteiger charge is 2.26. The van der Waals surface area contributed by atoms with Crippen LogP contribution in [0.4, 0.5) is 0 Å². The van der Waals surface area contributed by atoms with E-state index in [1.54, 1.807) is 4.31 Å². The van der Waals surface area contributed by atoms with Crippen molar-refractivity contribution in [2.75, 3.05) is 19.6 Å². The monoisotopic (exact) mass is 310 g/mol. The molecule has 1 atom stereocenters. The number of nitrogens with zero attached hydrogens (tertiary/aromatic N) is 1. The molecule has 1 aliphatic heterocycles. The fourth-order valence-corrected chi connectivity index (χ4v) is 4.32. The van der Waals surface area contributed by atoms with Crippen molar-refractivity contribution in [2.45, 2.75) is 44.4 Å². The van der Waals surface area contributed by atoms with Gasteiger partial charge in [0.05, 0.1) is 5.75 Å². The van der Waals surface area contributed by atoms with Crippen LogP contribution >= 0.6 is 0 Å². The summed E-state index contributed by atoms with van der Waals surface area (Å²) in [5, 5.41) is 3.39. The molecule has 1 unspecified atom stereocenters. The molecule has 118 valence electrons. The predicted octanol–water partition coefficient (Wildman–Crippen LogP) is 2.37. The van der Waals surface area contributed by atoms with Gasteiger partial charge in [0.2, 0.25) is 10.0 Å². The third-order valence-corrected chi connectivity index (χ3v) is 5.75. The second-order valence-electron chi connectivity index (χ2n) is 5.75. The van der Waals surface area contributed by atoms with Gasteiger partial charge in [-0.05, 0) is 31.4 Å². The first-order valence-corrected chi connectivity index (χ1v) is 9.48. The van der Waals surface area contributed by atoms with E-state index in [9.17, 15) is 8.42 Å². The van der Waals surface area contributed by atoms with Gasteiger partial charge in [-0.3, -0.25) is 0 Å². The van der Waals surface area contributed by atoms with Gasteiger partial charge in [0.1, 0.15) is 0 Å². The van der Waals surface area contributed by atoms with Crippen LogP contribution in [0, 0.1) is 0 Å². The van der Waals surface area contributed by atoms with Crippen molar-refractivity contribution >= 4 is 10.0 Å². The summed E-state index contributed by atoms with van der Waals surface area (Å²) in [6, 6.07) is 9.76. The maximum Gasteiger partial charge on any atom is 0.218 e. The van der Waals surface area contributed by atoms with Crippen LogP contribution in [0.3, 0.4) is 0 Å². The number of sulfonamides is 1. The molecule has 1 saturated heterocycles. The van der Waals surface area contributed by atoms with Crippen molar-refractivity contribution in [1.29, 1.82) is 0 Å². The molecule has 2 rings (SSSR count). The number of hydrogen-bond donors (Lipinski definition) is 1. The maximum absolute atomic E-state index is 12.7. The number of nitrogens with one attached hydrogen (secondary N) is 1. The second-order valence-corrected chi connectivity index (χ2v) is 7.72. The van der Waals surface area contributed by atoms with Gasteiger partial charge in [0.25, 0.3) is 0 Å². The van der Waals surface area contributed by atoms with Crippen LogP contribution in [0.15, 0.2) is 30.3 Å². The summed E-state index contributed by atoms with van der Waals surface area (Å²) in [5.74, 6) is 0.101. The summed E-state index contributed by atoms with van der Waals surface area (Å²) in [5.41, 5.74) is 0.860. The lowest BCUT2D eigenvalue weighted by atomic mass is 10.2. The van der Waals surface area contributed by atoms with Gasteiger partial charge < -0.3 is 5.32 Å². The van der Waals surface area contributed by atoms with Gasteiger partial charge in [-0.2, -0.15) is 0 Å². The van der Waals surface area contributed by atoms with Gasteiger partial charge in [0.15, 0.2) is 0 Å². The molecule has 0 aromatic heterocycles. The summed E-state index contributed by atoms with van der Waals surface area (Å²) in [6.07, 6.45) is 4.14. The maximum atomic E-state index is 12.7. The van der Waals surface area contributed by atoms with E-state index in [4.69, 9.17) is 0 Å². The average Bonchev–Trinajstić information content (AvgIpc) is 2.97. The zero-order valence-electron chi connectivity index (χ0n) is 12.8. The fraction of sp³-hybridized carbons (Fsp3) is 0.625. The Kier molecular flexibility index (Phi) is 6.21. The third-order valence-electron chi connectivity index (χ3n) is 3.93. The molecule has 0 radical (unpaired) electrons. The van der Waals surface area contributed by atoms with E-state index in [-0.39, 0.29) is 5.75 Å². The van der Waals surface area contributed by atoms with Gasteiger partial charge >= 0.3 is 0 Å². The highest BCUT2D eigenvalue weighted by molar-refractivity contribution is 7.88. The first-order valence-electron chi connectivity index (χ1n) is 7.87. The molecule has 1 aliphatic rings. The highest BCUT2D eigenvalue weighted by atomic mass is 32.2. The van der Waals surface area contributed by atoms with E-state index < -0.39 is 10.0 Å². The van der Waals surface area contributed by atoms with Crippen LogP contribution < -0.4 is 5.32 Å². The summed E-state index contributed by atoms with van der Waals surface area (Å²) in [6.45, 7) is 4.33. The fourth-order valence-electron chi connectivity index (χ4n) is 2.71. The molecule has 1 N–H and O–H groups in total. The minimum Gasteiger partial charge on any atom is -0.313 e. The number of hydrogen-bond acceptors (Lipinski definition) is 3. The lowest BCUT2D eigenvalue weighted by Gasteiger charge is -2.25. The molecule has 0 spiro atoms. The van der Waals surface area contributed by atoms with E-state index in [2.05, 4.69) is 12.2 Å². The summed E-state index contributed by atoms with van der Waals surface area (Å²) in [4.78, 5) is 0. The molecule has 0 saturated carbocycles. The molecular formula is C16H26N2O2S. The average molecular weight is 310 g/mol. The van der Waals surface area contributed by atoms with Crippen molar-refractivity contribution in [3.63, 3.8) is 0 Å². The molecule has 21 heavy (non-hydrogen) atoms. The Morgan fingerprint density at radius 1 is 1.29 bits per heavy atom. The summed E-state index contributed by atoms with van der Waals surface area (Å²) < 4.78 is 27.1. The Bertz CT molecular complexity index is 510. The highest BCUT2D eigenvalue weighted by Crippen LogP contribution is 2.15. The van der Waals surface area contributed by atoms with Crippen LogP contribution in [-0.4, -0.2) is 38.4 Å². The zero-order valence-corrected chi connectivity index (χ0v) is 13.6. The first kappa shape index (κ1) is 16.5. The van der Waals surface area contributed by atoms with E-state index >= 15 is 0 Å². The number of unbranched alkanes of at least 4 members (excludes halogenated alkanes) is 1. The molecule has 4 nitrogen and oxygen atoms in total. The van der Waals surface area contributed by atoms with Crippen molar-refractivity contribution in [2.24, 2.45) is 0 Å². The molecular weight excluding hydrogens is 284 g/mol. The molecule has 0 bridgehead atoms. The largest absolute Gasteiger partial charge is 0.313 e. The van der Waals surface area contributed by atoms with Crippen LogP contribution in [0.5, 0.6) is 0 Å². The quantitative estimate of drug-likeness (QED) is 0.802. The molecule has 5 heteroatoms. The number of rotatable bonds is 8. The lowest BCUT2D eigenvalue weighted by Crippen LogP contribution is -2.42. The Labute approximate surface area is 128 Å². The predicted molar refractivity (Wildman–Crippen MR) is 86.6 cm³/mol. The molecule has 1 aromatic rings. The second kappa shape index (κ2) is 7.92. The molecule has 0 aliphatic carbocycles. The number of benzene rings is 1. The van der Waals surface area contributed by atoms with Gasteiger partial charge in [-0.15, -0.1) is 0 Å². The molecule has 1 heterocycles. The van der Waals surface area contributed by atoms with E-state index in [0.717, 1.165) is 37.8 Å². The standard InChI is InChI=1S/C16H26N2O2S/c1-2-3-12-18(13-16-10-7-11-17-16)21(19,20)14-15-8-5-4-6-9-15/h4-6,8-9,16-17H,2-3,7,10-14H2,1H3. The van der Waals surface area contributed by atoms with Crippen LogP contribution in [0.25, 0.3) is 0 Å². The third kappa shape index (κ3) is 5.09. The Morgan fingerprint density at radius 3 is 2.67 bits per heavy atom. The van der Waals surface area contributed by atoms with Crippen molar-refractivity contribution in [3.8, 4) is 0 Å². The summed E-state index contributed by atoms with van der Waals surface area (Å²) in [7, 11) is -3.24. The van der Waals surface area contributed by atoms with Gasteiger partial charge in [-0.25, -0.2) is 12.7 Å². The van der Waals surface area contributed by atoms with Crippen molar-refractivity contribution in [3.05, 3.63) is 35.9 Å². The topological polar surface area (TPSA) is 49.4 Å². The van der Waals surface area contributed by atoms with Crippen LogP contribution in [0.2, 0.25) is 0 Å². The Balaban J connectivity index is 2.05. The first-order chi connectivity index (χ1) is 10.1. The summed E-state index contributed by atoms with van der Waals surface area (Å²) >= 11 is 0. The Hall–Kier alpha value is -0.910. The van der Waals surface area contributed by atoms with Gasteiger partial charge in [0, 0.05) is 19.1 Å². The van der Waals surface area contributed by atoms with Gasteiger partial charge in [-0.1, -0.05) is 43.7 Å².